The molecule has 1 aromatic carbocycles. The zero-order valence-electron chi connectivity index (χ0n) is 16.0. The lowest BCUT2D eigenvalue weighted by atomic mass is 10.00. The lowest BCUT2D eigenvalue weighted by Gasteiger charge is -2.30. The molecule has 6 nitrogen and oxygen atoms in total. The van der Waals surface area contributed by atoms with E-state index in [1.807, 2.05) is 19.1 Å². The summed E-state index contributed by atoms with van der Waals surface area (Å²) in [6.45, 7) is 6.46. The number of benzene rings is 1. The van der Waals surface area contributed by atoms with E-state index in [1.54, 1.807) is 6.26 Å². The van der Waals surface area contributed by atoms with Crippen molar-refractivity contribution in [2.45, 2.75) is 32.4 Å². The summed E-state index contributed by atoms with van der Waals surface area (Å²) in [6, 6.07) is 12.4. The lowest BCUT2D eigenvalue weighted by Crippen LogP contribution is -2.40. The Morgan fingerprint density at radius 3 is 2.85 bits per heavy atom. The van der Waals surface area contributed by atoms with Crippen molar-refractivity contribution in [2.75, 3.05) is 32.7 Å². The van der Waals surface area contributed by atoms with E-state index >= 15 is 0 Å². The van der Waals surface area contributed by atoms with Crippen LogP contribution in [0.15, 0.2) is 52.1 Å². The third-order valence-corrected chi connectivity index (χ3v) is 4.73. The van der Waals surface area contributed by atoms with Crippen LogP contribution in [0, 0.1) is 0 Å². The van der Waals surface area contributed by atoms with Gasteiger partial charge >= 0.3 is 0 Å². The van der Waals surface area contributed by atoms with E-state index in [0.29, 0.717) is 13.1 Å². The van der Waals surface area contributed by atoms with Crippen LogP contribution in [-0.2, 0) is 19.4 Å². The van der Waals surface area contributed by atoms with E-state index in [2.05, 4.69) is 44.8 Å². The highest BCUT2D eigenvalue weighted by Crippen LogP contribution is 2.18. The molecule has 1 unspecified atom stereocenters. The maximum atomic E-state index is 10.4. The first-order valence-corrected chi connectivity index (χ1v) is 9.76. The van der Waals surface area contributed by atoms with Crippen molar-refractivity contribution in [3.63, 3.8) is 0 Å². The number of nitrogens with zero attached hydrogens (tertiary/aromatic N) is 2. The Hall–Kier alpha value is -2.31. The van der Waals surface area contributed by atoms with Gasteiger partial charge in [-0.25, -0.2) is 0 Å². The summed E-state index contributed by atoms with van der Waals surface area (Å²) in [4.78, 5) is 6.83. The van der Waals surface area contributed by atoms with Crippen LogP contribution in [0.3, 0.4) is 0 Å². The first-order valence-electron chi connectivity index (χ1n) is 9.76. The second kappa shape index (κ2) is 10.1. The fraction of sp³-hybridized carbons (Fsp3) is 0.476. The number of furan rings is 1. The molecule has 0 saturated heterocycles. The summed E-state index contributed by atoms with van der Waals surface area (Å²) in [6.07, 6.45) is 3.05. The standard InChI is InChI=1S/C21H30N4O2/c1-2-22-21(23-11-9-20-8-5-13-27-20)24-14-19(26)16-25-12-10-17-6-3-4-7-18(17)15-25/h3-8,13,19,26H,2,9-12,14-16H2,1H3,(H2,22,23,24). The number of fused-ring (bicyclic) bond motifs is 1. The minimum Gasteiger partial charge on any atom is -0.469 e. The predicted molar refractivity (Wildman–Crippen MR) is 108 cm³/mol. The molecule has 0 saturated carbocycles. The average Bonchev–Trinajstić information content (AvgIpc) is 3.19. The average molecular weight is 370 g/mol. The first kappa shape index (κ1) is 19.5. The molecule has 0 fully saturated rings. The number of aliphatic imine (C=N–C) groups is 1. The molecule has 2 heterocycles. The van der Waals surface area contributed by atoms with E-state index < -0.39 is 6.10 Å². The Bertz CT molecular complexity index is 715. The van der Waals surface area contributed by atoms with Gasteiger partial charge in [0.15, 0.2) is 5.96 Å². The normalized spacial score (nSPS) is 16.0. The number of rotatable bonds is 8. The van der Waals surface area contributed by atoms with Crippen molar-refractivity contribution < 1.29 is 9.52 Å². The molecular weight excluding hydrogens is 340 g/mol. The number of nitrogens with one attached hydrogen (secondary N) is 2. The van der Waals surface area contributed by atoms with Crippen LogP contribution < -0.4 is 10.6 Å². The number of aliphatic hydroxyl groups excluding tert-OH is 1. The maximum absolute atomic E-state index is 10.4. The minimum atomic E-state index is -0.476. The maximum Gasteiger partial charge on any atom is 0.191 e. The SMILES string of the molecule is CCNC(=NCC(O)CN1CCc2ccccc2C1)NCCc1ccco1. The van der Waals surface area contributed by atoms with E-state index in [4.69, 9.17) is 4.42 Å². The smallest absolute Gasteiger partial charge is 0.191 e. The fourth-order valence-corrected chi connectivity index (χ4v) is 3.36. The van der Waals surface area contributed by atoms with Crippen molar-refractivity contribution >= 4 is 5.96 Å². The topological polar surface area (TPSA) is 73.0 Å². The molecule has 0 bridgehead atoms. The molecule has 1 aromatic heterocycles. The largest absolute Gasteiger partial charge is 0.469 e. The Morgan fingerprint density at radius 2 is 2.07 bits per heavy atom. The van der Waals surface area contributed by atoms with Gasteiger partial charge in [-0.3, -0.25) is 9.89 Å². The van der Waals surface area contributed by atoms with Gasteiger partial charge in [-0.1, -0.05) is 24.3 Å². The number of hydrogen-bond acceptors (Lipinski definition) is 4. The molecule has 0 amide bonds. The van der Waals surface area contributed by atoms with Crippen LogP contribution in [0.1, 0.15) is 23.8 Å². The number of guanidine groups is 1. The van der Waals surface area contributed by atoms with E-state index in [9.17, 15) is 5.11 Å². The van der Waals surface area contributed by atoms with Crippen molar-refractivity contribution in [3.8, 4) is 0 Å². The van der Waals surface area contributed by atoms with Gasteiger partial charge in [0.25, 0.3) is 0 Å². The van der Waals surface area contributed by atoms with E-state index in [0.717, 1.165) is 50.7 Å². The zero-order chi connectivity index (χ0) is 18.9. The van der Waals surface area contributed by atoms with Crippen LogP contribution in [0.2, 0.25) is 0 Å². The molecule has 0 aliphatic carbocycles. The molecule has 3 rings (SSSR count). The second-order valence-electron chi connectivity index (χ2n) is 6.88. The first-order chi connectivity index (χ1) is 13.2. The third-order valence-electron chi connectivity index (χ3n) is 4.73. The Morgan fingerprint density at radius 1 is 1.22 bits per heavy atom. The van der Waals surface area contributed by atoms with Gasteiger partial charge in [-0.2, -0.15) is 0 Å². The van der Waals surface area contributed by atoms with Gasteiger partial charge in [0, 0.05) is 39.1 Å². The Balaban J connectivity index is 1.44. The van der Waals surface area contributed by atoms with Crippen LogP contribution in [0.5, 0.6) is 0 Å². The monoisotopic (exact) mass is 370 g/mol. The number of β-amino-alcohol motifs (C(OH)–C–C–N with tert-alkyl or cyclic N) is 1. The molecule has 3 N–H and O–H groups in total. The van der Waals surface area contributed by atoms with Gasteiger partial charge in [0.05, 0.1) is 18.9 Å². The summed E-state index contributed by atoms with van der Waals surface area (Å²) in [5.41, 5.74) is 2.80. The summed E-state index contributed by atoms with van der Waals surface area (Å²) in [7, 11) is 0. The molecule has 27 heavy (non-hydrogen) atoms. The molecule has 1 aliphatic rings. The van der Waals surface area contributed by atoms with Crippen LogP contribution >= 0.6 is 0 Å². The molecule has 0 radical (unpaired) electrons. The molecule has 6 heteroatoms. The number of hydrogen-bond donors (Lipinski definition) is 3. The van der Waals surface area contributed by atoms with Crippen molar-refractivity contribution in [1.29, 1.82) is 0 Å². The van der Waals surface area contributed by atoms with Crippen molar-refractivity contribution in [3.05, 3.63) is 59.5 Å². The van der Waals surface area contributed by atoms with Crippen LogP contribution in [-0.4, -0.2) is 54.8 Å². The van der Waals surface area contributed by atoms with Crippen molar-refractivity contribution in [2.24, 2.45) is 4.99 Å². The summed E-state index contributed by atoms with van der Waals surface area (Å²) < 4.78 is 5.34. The Kier molecular flexibility index (Phi) is 7.30. The van der Waals surface area contributed by atoms with Crippen molar-refractivity contribution in [1.82, 2.24) is 15.5 Å². The highest BCUT2D eigenvalue weighted by Gasteiger charge is 2.18. The van der Waals surface area contributed by atoms with Crippen LogP contribution in [0.25, 0.3) is 0 Å². The molecule has 146 valence electrons. The van der Waals surface area contributed by atoms with Gasteiger partial charge in [0.1, 0.15) is 5.76 Å². The molecular formula is C21H30N4O2. The van der Waals surface area contributed by atoms with Gasteiger partial charge < -0.3 is 20.2 Å². The second-order valence-corrected chi connectivity index (χ2v) is 6.88. The predicted octanol–water partition coefficient (Wildman–Crippen LogP) is 1.80. The highest BCUT2D eigenvalue weighted by atomic mass is 16.3. The van der Waals surface area contributed by atoms with Gasteiger partial charge in [0.2, 0.25) is 0 Å². The van der Waals surface area contributed by atoms with Gasteiger partial charge in [-0.05, 0) is 36.6 Å². The third kappa shape index (κ3) is 6.12. The fourth-order valence-electron chi connectivity index (χ4n) is 3.36. The summed E-state index contributed by atoms with van der Waals surface area (Å²) in [5, 5.41) is 16.9. The number of aliphatic hydroxyl groups is 1. The molecule has 1 atom stereocenters. The highest BCUT2D eigenvalue weighted by molar-refractivity contribution is 5.79. The van der Waals surface area contributed by atoms with E-state index in [-0.39, 0.29) is 0 Å². The molecule has 1 aliphatic heterocycles. The quantitative estimate of drug-likeness (QED) is 0.488. The minimum absolute atomic E-state index is 0.383. The van der Waals surface area contributed by atoms with E-state index in [1.165, 1.54) is 11.1 Å². The summed E-state index contributed by atoms with van der Waals surface area (Å²) in [5.74, 6) is 1.68. The Labute approximate surface area is 161 Å². The molecule has 2 aromatic rings. The lowest BCUT2D eigenvalue weighted by molar-refractivity contribution is 0.111. The van der Waals surface area contributed by atoms with Crippen LogP contribution in [0.4, 0.5) is 0 Å². The molecule has 0 spiro atoms. The van der Waals surface area contributed by atoms with Gasteiger partial charge in [-0.15, -0.1) is 0 Å². The zero-order valence-corrected chi connectivity index (χ0v) is 16.0. The summed E-state index contributed by atoms with van der Waals surface area (Å²) >= 11 is 0.